The number of carbonyl (C=O) groups is 1. The Morgan fingerprint density at radius 3 is 1.87 bits per heavy atom. The predicted octanol–water partition coefficient (Wildman–Crippen LogP) is 3.39. The molecule has 2 aromatic rings. The van der Waals surface area contributed by atoms with Gasteiger partial charge in [0, 0.05) is 17.9 Å². The number of methoxy groups -OCH3 is 2. The highest BCUT2D eigenvalue weighted by molar-refractivity contribution is 5.92. The van der Waals surface area contributed by atoms with Crippen molar-refractivity contribution in [1.82, 2.24) is 0 Å². The number of hydrogen-bond donors (Lipinski definition) is 2. The van der Waals surface area contributed by atoms with E-state index in [0.717, 1.165) is 22.9 Å². The van der Waals surface area contributed by atoms with E-state index in [-0.39, 0.29) is 11.8 Å². The molecule has 1 unspecified atom stereocenters. The van der Waals surface area contributed by atoms with Gasteiger partial charge in [-0.3, -0.25) is 4.79 Å². The lowest BCUT2D eigenvalue weighted by molar-refractivity contribution is -0.119. The van der Waals surface area contributed by atoms with Crippen LogP contribution in [0.2, 0.25) is 0 Å². The Morgan fingerprint density at radius 1 is 0.913 bits per heavy atom. The van der Waals surface area contributed by atoms with Crippen LogP contribution in [-0.2, 0) is 4.79 Å². The van der Waals surface area contributed by atoms with E-state index in [2.05, 4.69) is 10.6 Å². The Bertz CT molecular complexity index is 624. The maximum atomic E-state index is 12.2. The van der Waals surface area contributed by atoms with Crippen LogP contribution in [0.15, 0.2) is 48.5 Å². The number of rotatable bonds is 7. The molecule has 0 aromatic heterocycles. The van der Waals surface area contributed by atoms with Crippen LogP contribution in [0, 0.1) is 5.92 Å². The lowest BCUT2D eigenvalue weighted by Crippen LogP contribution is -2.26. The number of carbonyl (C=O) groups excluding carboxylic acids is 1. The first kappa shape index (κ1) is 16.7. The molecule has 5 heteroatoms. The average molecular weight is 314 g/mol. The Balaban J connectivity index is 1.83. The van der Waals surface area contributed by atoms with Crippen molar-refractivity contribution in [2.75, 3.05) is 31.4 Å². The van der Waals surface area contributed by atoms with Crippen LogP contribution in [0.4, 0.5) is 11.4 Å². The highest BCUT2D eigenvalue weighted by Gasteiger charge is 2.13. The summed E-state index contributed by atoms with van der Waals surface area (Å²) in [6.07, 6.45) is 0. The van der Waals surface area contributed by atoms with Crippen LogP contribution >= 0.6 is 0 Å². The van der Waals surface area contributed by atoms with Gasteiger partial charge in [-0.25, -0.2) is 0 Å². The summed E-state index contributed by atoms with van der Waals surface area (Å²) in [6.45, 7) is 2.43. The molecule has 0 aliphatic carbocycles. The smallest absolute Gasteiger partial charge is 0.228 e. The highest BCUT2D eigenvalue weighted by Crippen LogP contribution is 2.17. The van der Waals surface area contributed by atoms with Crippen molar-refractivity contribution in [3.8, 4) is 11.5 Å². The van der Waals surface area contributed by atoms with Crippen molar-refractivity contribution in [2.45, 2.75) is 6.92 Å². The summed E-state index contributed by atoms with van der Waals surface area (Å²) in [4.78, 5) is 12.2. The van der Waals surface area contributed by atoms with Crippen molar-refractivity contribution >= 4 is 17.3 Å². The third-order valence-corrected chi connectivity index (χ3v) is 3.51. The monoisotopic (exact) mass is 314 g/mol. The van der Waals surface area contributed by atoms with Gasteiger partial charge in [0.15, 0.2) is 0 Å². The fourth-order valence-corrected chi connectivity index (χ4v) is 2.01. The molecule has 2 rings (SSSR count). The van der Waals surface area contributed by atoms with Gasteiger partial charge in [-0.2, -0.15) is 0 Å². The SMILES string of the molecule is COc1ccc(NCC(C)C(=O)Nc2ccc(OC)cc2)cc1. The van der Waals surface area contributed by atoms with Crippen molar-refractivity contribution in [3.05, 3.63) is 48.5 Å². The lowest BCUT2D eigenvalue weighted by atomic mass is 10.1. The summed E-state index contributed by atoms with van der Waals surface area (Å²) >= 11 is 0. The molecule has 1 amide bonds. The molecule has 23 heavy (non-hydrogen) atoms. The molecular formula is C18H22N2O3. The van der Waals surface area contributed by atoms with Gasteiger partial charge in [0.25, 0.3) is 0 Å². The molecule has 2 aromatic carbocycles. The van der Waals surface area contributed by atoms with Crippen molar-refractivity contribution in [2.24, 2.45) is 5.92 Å². The minimum Gasteiger partial charge on any atom is -0.497 e. The Labute approximate surface area is 136 Å². The zero-order valence-corrected chi connectivity index (χ0v) is 13.6. The summed E-state index contributed by atoms with van der Waals surface area (Å²) in [6, 6.07) is 14.9. The largest absolute Gasteiger partial charge is 0.497 e. The maximum absolute atomic E-state index is 12.2. The van der Waals surface area contributed by atoms with E-state index in [1.54, 1.807) is 14.2 Å². The highest BCUT2D eigenvalue weighted by atomic mass is 16.5. The van der Waals surface area contributed by atoms with E-state index in [1.165, 1.54) is 0 Å². The number of anilines is 2. The Hall–Kier alpha value is -2.69. The molecule has 0 saturated carbocycles. The number of hydrogen-bond acceptors (Lipinski definition) is 4. The third-order valence-electron chi connectivity index (χ3n) is 3.51. The summed E-state index contributed by atoms with van der Waals surface area (Å²) in [7, 11) is 3.24. The van der Waals surface area contributed by atoms with E-state index in [1.807, 2.05) is 55.5 Å². The van der Waals surface area contributed by atoms with Crippen molar-refractivity contribution < 1.29 is 14.3 Å². The quantitative estimate of drug-likeness (QED) is 0.822. The summed E-state index contributed by atoms with van der Waals surface area (Å²) < 4.78 is 10.2. The second-order valence-corrected chi connectivity index (χ2v) is 5.23. The molecule has 122 valence electrons. The molecule has 5 nitrogen and oxygen atoms in total. The second-order valence-electron chi connectivity index (χ2n) is 5.23. The van der Waals surface area contributed by atoms with Gasteiger partial charge >= 0.3 is 0 Å². The average Bonchev–Trinajstić information content (AvgIpc) is 2.60. The van der Waals surface area contributed by atoms with Crippen LogP contribution < -0.4 is 20.1 Å². The molecule has 0 heterocycles. The molecule has 0 fully saturated rings. The summed E-state index contributed by atoms with van der Waals surface area (Å²) in [5.41, 5.74) is 1.71. The number of ether oxygens (including phenoxy) is 2. The normalized spacial score (nSPS) is 11.4. The van der Waals surface area contributed by atoms with Crippen LogP contribution in [0.5, 0.6) is 11.5 Å². The van der Waals surface area contributed by atoms with Gasteiger partial charge in [-0.15, -0.1) is 0 Å². The van der Waals surface area contributed by atoms with E-state index in [9.17, 15) is 4.79 Å². The molecule has 0 bridgehead atoms. The minimum absolute atomic E-state index is 0.0313. The second kappa shape index (κ2) is 8.08. The fourth-order valence-electron chi connectivity index (χ4n) is 2.01. The Kier molecular flexibility index (Phi) is 5.86. The van der Waals surface area contributed by atoms with E-state index < -0.39 is 0 Å². The maximum Gasteiger partial charge on any atom is 0.228 e. The molecule has 2 N–H and O–H groups in total. The van der Waals surface area contributed by atoms with Gasteiger partial charge in [-0.05, 0) is 48.5 Å². The first-order valence-electron chi connectivity index (χ1n) is 7.45. The van der Waals surface area contributed by atoms with Crippen LogP contribution in [-0.4, -0.2) is 26.7 Å². The minimum atomic E-state index is -0.167. The van der Waals surface area contributed by atoms with E-state index in [0.29, 0.717) is 6.54 Å². The molecule has 0 aliphatic rings. The van der Waals surface area contributed by atoms with Crippen LogP contribution in [0.1, 0.15) is 6.92 Å². The lowest BCUT2D eigenvalue weighted by Gasteiger charge is -2.14. The standard InChI is InChI=1S/C18H22N2O3/c1-13(12-19-14-4-8-16(22-2)9-5-14)18(21)20-15-6-10-17(23-3)11-7-15/h4-11,13,19H,12H2,1-3H3,(H,20,21). The number of nitrogens with one attached hydrogen (secondary N) is 2. The molecular weight excluding hydrogens is 292 g/mol. The Morgan fingerprint density at radius 2 is 1.39 bits per heavy atom. The summed E-state index contributed by atoms with van der Waals surface area (Å²) in [5.74, 6) is 1.37. The number of amides is 1. The zero-order chi connectivity index (χ0) is 16.7. The topological polar surface area (TPSA) is 59.6 Å². The third kappa shape index (κ3) is 4.92. The molecule has 1 atom stereocenters. The number of benzene rings is 2. The molecule has 0 radical (unpaired) electrons. The summed E-state index contributed by atoms with van der Waals surface area (Å²) in [5, 5.41) is 6.14. The fraction of sp³-hybridized carbons (Fsp3) is 0.278. The van der Waals surface area contributed by atoms with Gasteiger partial charge < -0.3 is 20.1 Å². The van der Waals surface area contributed by atoms with Gasteiger partial charge in [0.1, 0.15) is 11.5 Å². The first-order valence-corrected chi connectivity index (χ1v) is 7.45. The van der Waals surface area contributed by atoms with Gasteiger partial charge in [0.05, 0.1) is 20.1 Å². The molecule has 0 aliphatic heterocycles. The van der Waals surface area contributed by atoms with Gasteiger partial charge in [0.2, 0.25) is 5.91 Å². The predicted molar refractivity (Wildman–Crippen MR) is 92.3 cm³/mol. The first-order chi connectivity index (χ1) is 11.1. The molecule has 0 saturated heterocycles. The zero-order valence-electron chi connectivity index (χ0n) is 13.6. The van der Waals surface area contributed by atoms with Crippen LogP contribution in [0.3, 0.4) is 0 Å². The van der Waals surface area contributed by atoms with Crippen LogP contribution in [0.25, 0.3) is 0 Å². The van der Waals surface area contributed by atoms with E-state index >= 15 is 0 Å². The van der Waals surface area contributed by atoms with Crippen molar-refractivity contribution in [3.63, 3.8) is 0 Å². The van der Waals surface area contributed by atoms with Crippen molar-refractivity contribution in [1.29, 1.82) is 0 Å². The van der Waals surface area contributed by atoms with E-state index in [4.69, 9.17) is 9.47 Å². The van der Waals surface area contributed by atoms with Gasteiger partial charge in [-0.1, -0.05) is 6.92 Å². The molecule has 0 spiro atoms.